The van der Waals surface area contributed by atoms with Gasteiger partial charge in [-0.25, -0.2) is 9.59 Å². The molecular weight excluding hydrogens is 448 g/mol. The molecule has 0 aliphatic heterocycles. The third-order valence-electron chi connectivity index (χ3n) is 6.32. The molecule has 0 aromatic heterocycles. The normalized spacial score (nSPS) is 14.8. The lowest BCUT2D eigenvalue weighted by atomic mass is 9.98. The Morgan fingerprint density at radius 2 is 1.66 bits per heavy atom. The van der Waals surface area contributed by atoms with Gasteiger partial charge in [-0.1, -0.05) is 68.3 Å². The Morgan fingerprint density at radius 1 is 1.06 bits per heavy atom. The van der Waals surface area contributed by atoms with Crippen molar-refractivity contribution in [3.8, 4) is 11.1 Å². The predicted molar refractivity (Wildman–Crippen MR) is 132 cm³/mol. The quantitative estimate of drug-likeness (QED) is 0.420. The lowest BCUT2D eigenvalue weighted by molar-refractivity contribution is -0.149. The van der Waals surface area contributed by atoms with Gasteiger partial charge in [-0.3, -0.25) is 4.79 Å². The molecule has 2 aromatic carbocycles. The summed E-state index contributed by atoms with van der Waals surface area (Å²) in [5.41, 5.74) is 2.98. The first-order valence-electron chi connectivity index (χ1n) is 11.9. The van der Waals surface area contributed by atoms with Crippen molar-refractivity contribution in [2.75, 3.05) is 20.3 Å². The highest BCUT2D eigenvalue weighted by molar-refractivity contribution is 5.87. The fourth-order valence-electron chi connectivity index (χ4n) is 4.51. The van der Waals surface area contributed by atoms with Gasteiger partial charge in [0.05, 0.1) is 6.61 Å². The summed E-state index contributed by atoms with van der Waals surface area (Å²) in [7, 11) is 1.37. The van der Waals surface area contributed by atoms with Crippen LogP contribution in [0, 0.1) is 0 Å². The third kappa shape index (κ3) is 6.39. The predicted octanol–water partition coefficient (Wildman–Crippen LogP) is 4.08. The van der Waals surface area contributed by atoms with E-state index in [1.165, 1.54) is 14.0 Å². The van der Waals surface area contributed by atoms with Crippen molar-refractivity contribution >= 4 is 18.0 Å². The van der Waals surface area contributed by atoms with Gasteiger partial charge in [0.2, 0.25) is 5.91 Å². The number of hydrogen-bond donors (Lipinski definition) is 3. The molecule has 0 saturated carbocycles. The van der Waals surface area contributed by atoms with Crippen LogP contribution in [-0.2, 0) is 19.1 Å². The molecule has 8 heteroatoms. The number of hydrogen-bond acceptors (Lipinski definition) is 5. The fraction of sp³-hybridized carbons (Fsp3) is 0.444. The van der Waals surface area contributed by atoms with Gasteiger partial charge in [0, 0.05) is 25.5 Å². The molecule has 0 saturated heterocycles. The molecule has 0 heterocycles. The number of unbranched alkanes of at least 4 members (excludes halogenated alkanes) is 1. The Morgan fingerprint density at radius 3 is 2.20 bits per heavy atom. The Labute approximate surface area is 206 Å². The van der Waals surface area contributed by atoms with E-state index in [4.69, 9.17) is 9.47 Å². The topological polar surface area (TPSA) is 114 Å². The highest BCUT2D eigenvalue weighted by atomic mass is 16.5. The average Bonchev–Trinajstić information content (AvgIpc) is 3.15. The number of carboxylic acid groups (broad SMARTS) is 1. The maximum atomic E-state index is 12.7. The molecular formula is C27H34N2O6. The van der Waals surface area contributed by atoms with Crippen molar-refractivity contribution in [1.82, 2.24) is 10.6 Å². The van der Waals surface area contributed by atoms with Crippen LogP contribution in [0.1, 0.15) is 56.6 Å². The van der Waals surface area contributed by atoms with Crippen LogP contribution in [0.25, 0.3) is 11.1 Å². The number of carboxylic acids is 1. The van der Waals surface area contributed by atoms with Crippen molar-refractivity contribution in [2.24, 2.45) is 0 Å². The highest BCUT2D eigenvalue weighted by Crippen LogP contribution is 2.44. The number of aliphatic carboxylic acids is 1. The summed E-state index contributed by atoms with van der Waals surface area (Å²) in [6, 6.07) is 15.7. The summed E-state index contributed by atoms with van der Waals surface area (Å²) in [6.45, 7) is 3.41. The van der Waals surface area contributed by atoms with Crippen LogP contribution in [-0.4, -0.2) is 55.0 Å². The van der Waals surface area contributed by atoms with Gasteiger partial charge in [0.1, 0.15) is 6.61 Å². The van der Waals surface area contributed by atoms with Crippen molar-refractivity contribution < 1.29 is 29.0 Å². The number of amides is 2. The second-order valence-electron chi connectivity index (χ2n) is 9.13. The van der Waals surface area contributed by atoms with Gasteiger partial charge in [-0.15, -0.1) is 0 Å². The van der Waals surface area contributed by atoms with E-state index in [0.717, 1.165) is 35.1 Å². The molecule has 0 fully saturated rings. The summed E-state index contributed by atoms with van der Waals surface area (Å²) in [5, 5.41) is 14.8. The summed E-state index contributed by atoms with van der Waals surface area (Å²) >= 11 is 0. The van der Waals surface area contributed by atoms with Crippen LogP contribution in [0.5, 0.6) is 0 Å². The molecule has 2 amide bonds. The number of methoxy groups -OCH3 is 1. The second kappa shape index (κ2) is 11.8. The molecule has 0 spiro atoms. The molecule has 3 rings (SSSR count). The van der Waals surface area contributed by atoms with Gasteiger partial charge in [0.15, 0.2) is 5.54 Å². The van der Waals surface area contributed by atoms with Crippen LogP contribution in [0.15, 0.2) is 48.5 Å². The number of fused-ring (bicyclic) bond motifs is 3. The van der Waals surface area contributed by atoms with Gasteiger partial charge < -0.3 is 25.2 Å². The van der Waals surface area contributed by atoms with E-state index in [-0.39, 0.29) is 25.6 Å². The van der Waals surface area contributed by atoms with Crippen molar-refractivity contribution in [2.45, 2.75) is 57.0 Å². The standard InChI is InChI=1S/C27H34N2O6/c1-4-5-10-18(15-24(30)29-27(2,17-34-3)25(31)32)28-26(33)35-16-23-21-13-8-6-11-19(21)20-12-7-9-14-22(20)23/h6-9,11-14,18,23H,4-5,10,15-17H2,1-3H3,(H,28,33)(H,29,30)(H,31,32). The van der Waals surface area contributed by atoms with Crippen molar-refractivity contribution in [3.05, 3.63) is 59.7 Å². The van der Waals surface area contributed by atoms with Crippen molar-refractivity contribution in [3.63, 3.8) is 0 Å². The number of ether oxygens (including phenoxy) is 2. The maximum absolute atomic E-state index is 12.7. The Hall–Kier alpha value is -3.39. The van der Waals surface area contributed by atoms with E-state index < -0.39 is 29.6 Å². The number of alkyl carbamates (subject to hydrolysis) is 1. The summed E-state index contributed by atoms with van der Waals surface area (Å²) < 4.78 is 10.6. The molecule has 188 valence electrons. The first-order valence-corrected chi connectivity index (χ1v) is 11.9. The van der Waals surface area contributed by atoms with Gasteiger partial charge in [-0.05, 0) is 35.6 Å². The van der Waals surface area contributed by atoms with E-state index in [1.807, 2.05) is 31.2 Å². The number of rotatable bonds is 12. The van der Waals surface area contributed by atoms with Gasteiger partial charge in [-0.2, -0.15) is 0 Å². The number of benzene rings is 2. The zero-order valence-corrected chi connectivity index (χ0v) is 20.5. The minimum atomic E-state index is -1.55. The summed E-state index contributed by atoms with van der Waals surface area (Å²) in [4.78, 5) is 36.9. The van der Waals surface area contributed by atoms with Crippen LogP contribution < -0.4 is 10.6 Å². The minimum Gasteiger partial charge on any atom is -0.479 e. The molecule has 2 atom stereocenters. The first-order chi connectivity index (χ1) is 16.8. The van der Waals surface area contributed by atoms with Crippen molar-refractivity contribution in [1.29, 1.82) is 0 Å². The smallest absolute Gasteiger partial charge is 0.407 e. The number of carbonyl (C=O) groups is 3. The molecule has 0 radical (unpaired) electrons. The van der Waals surface area contributed by atoms with Crippen LogP contribution in [0.2, 0.25) is 0 Å². The molecule has 8 nitrogen and oxygen atoms in total. The lowest BCUT2D eigenvalue weighted by Crippen LogP contribution is -2.56. The fourth-order valence-corrected chi connectivity index (χ4v) is 4.51. The number of carbonyl (C=O) groups excluding carboxylic acids is 2. The lowest BCUT2D eigenvalue weighted by Gasteiger charge is -2.26. The van der Waals surface area contributed by atoms with Crippen LogP contribution in [0.3, 0.4) is 0 Å². The largest absolute Gasteiger partial charge is 0.479 e. The zero-order chi connectivity index (χ0) is 25.4. The Bertz CT molecular complexity index is 1010. The van der Waals surface area contributed by atoms with E-state index >= 15 is 0 Å². The highest BCUT2D eigenvalue weighted by Gasteiger charge is 2.35. The molecule has 1 aliphatic carbocycles. The first kappa shape index (κ1) is 26.2. The summed E-state index contributed by atoms with van der Waals surface area (Å²) in [6.07, 6.45) is 1.61. The van der Waals surface area contributed by atoms with Crippen LogP contribution >= 0.6 is 0 Å². The third-order valence-corrected chi connectivity index (χ3v) is 6.32. The zero-order valence-electron chi connectivity index (χ0n) is 20.5. The minimum absolute atomic E-state index is 0.0588. The number of nitrogens with one attached hydrogen (secondary N) is 2. The molecule has 1 aliphatic rings. The van der Waals surface area contributed by atoms with E-state index in [1.54, 1.807) is 0 Å². The Kier molecular flexibility index (Phi) is 8.87. The molecule has 0 bridgehead atoms. The molecule has 35 heavy (non-hydrogen) atoms. The molecule has 3 N–H and O–H groups in total. The maximum Gasteiger partial charge on any atom is 0.407 e. The Balaban J connectivity index is 1.62. The van der Waals surface area contributed by atoms with E-state index in [0.29, 0.717) is 6.42 Å². The second-order valence-corrected chi connectivity index (χ2v) is 9.13. The molecule has 2 aromatic rings. The van der Waals surface area contributed by atoms with Crippen LogP contribution in [0.4, 0.5) is 4.79 Å². The molecule has 2 unspecified atom stereocenters. The average molecular weight is 483 g/mol. The van der Waals surface area contributed by atoms with E-state index in [2.05, 4.69) is 34.9 Å². The summed E-state index contributed by atoms with van der Waals surface area (Å²) in [5.74, 6) is -1.73. The van der Waals surface area contributed by atoms with Gasteiger partial charge >= 0.3 is 12.1 Å². The van der Waals surface area contributed by atoms with Gasteiger partial charge in [0.25, 0.3) is 0 Å². The van der Waals surface area contributed by atoms with E-state index in [9.17, 15) is 19.5 Å². The monoisotopic (exact) mass is 482 g/mol. The SMILES string of the molecule is CCCCC(CC(=O)NC(C)(COC)C(=O)O)NC(=O)OCC1c2ccccc2-c2ccccc21.